The first-order valence-corrected chi connectivity index (χ1v) is 59.1. The summed E-state index contributed by atoms with van der Waals surface area (Å²) >= 11 is 0. The quantitative estimate of drug-likeness (QED) is 0.0165. The third kappa shape index (κ3) is 38.9. The lowest BCUT2D eigenvalue weighted by molar-refractivity contribution is -0.144. The highest BCUT2D eigenvalue weighted by atomic mass is 28.4. The highest BCUT2D eigenvalue weighted by molar-refractivity contribution is 6.84. The van der Waals surface area contributed by atoms with Crippen LogP contribution in [0.15, 0.2) is 243 Å². The Hall–Kier alpha value is -14.8. The molecule has 0 heterocycles. The third-order valence-corrected chi connectivity index (χ3v) is 33.2. The van der Waals surface area contributed by atoms with Crippen LogP contribution in [0, 0.1) is 188 Å². The number of aryl methyl sites for hydroxylation is 10. The number of hydrogen-bond acceptors (Lipinski definition) is 7. The molecule has 0 saturated carbocycles. The minimum Gasteiger partial charge on any atom is -0.491 e. The molecule has 0 fully saturated rings. The van der Waals surface area contributed by atoms with Crippen molar-refractivity contribution in [2.75, 3.05) is 26.4 Å². The smallest absolute Gasteiger partial charge is 0.305 e. The molecule has 0 unspecified atom stereocenters. The molecule has 0 atom stereocenters. The Bertz CT molecular complexity index is 6380. The highest BCUT2D eigenvalue weighted by Crippen LogP contribution is 2.38. The van der Waals surface area contributed by atoms with E-state index in [1.807, 2.05) is 121 Å². The molecule has 0 aliphatic heterocycles. The second-order valence-electron chi connectivity index (χ2n) is 40.1. The van der Waals surface area contributed by atoms with Gasteiger partial charge in [0.25, 0.3) is 0 Å². The highest BCUT2D eigenvalue weighted by Gasteiger charge is 2.33. The Balaban J connectivity index is 0.548. The molecule has 0 saturated heterocycles. The molecule has 12 aromatic carbocycles. The predicted octanol–water partition coefficient (Wildman–Crippen LogP) is 31.1. The van der Waals surface area contributed by atoms with Gasteiger partial charge in [-0.1, -0.05) is 398 Å². The van der Waals surface area contributed by atoms with Crippen molar-refractivity contribution in [2.45, 2.75) is 262 Å². The largest absolute Gasteiger partial charge is 0.491 e. The van der Waals surface area contributed by atoms with Crippen LogP contribution in [-0.2, 0) is 23.2 Å². The molecule has 0 bridgehead atoms. The molecule has 0 spiro atoms. The van der Waals surface area contributed by atoms with Crippen LogP contribution in [0.2, 0.25) is 38.3 Å². The monoisotopic (exact) mass is 1970 g/mol. The fourth-order valence-electron chi connectivity index (χ4n) is 16.9. The standard InChI is InChI=1S/C138H142O7Si2/c1-105-39-59-115(60-40-105)79-89-125-127(91-81-117-63-43-107(3)44-64-117)131(95-85-121-71-51-111(7)52-72-121)137(132(96-86-122-73-53-112(8)54-74-122)128(125)92-82-118-65-45-108(4)46-66-118)143-101-33-27-23-19-15-17-21-25-31-99-141-135(139)37-29-35-103-146(11,12)145-147(13,14)104-36-30-38-136(140)142-100-32-26-22-18-16-20-24-28-34-102-144-138-133(97-87-123-75-55-113(9)56-76-123)129(93-83-119-67-47-109(5)48-68-119)126(90-80-116-61-41-106(2)42-62-116)130(94-84-120-69-49-110(6)50-70-120)134(138)98-88-124-77-57-114(10)58-78-124/h39-78H,15-38,99-104H2,1-14H3. The normalized spacial score (nSPS) is 10.6. The number of ether oxygens (including phenoxy) is 4. The number of unbranched alkanes of at least 4 members (excludes halogenated alkanes) is 18. The molecule has 0 radical (unpaired) electrons. The van der Waals surface area contributed by atoms with Crippen molar-refractivity contribution in [3.63, 3.8) is 0 Å². The number of esters is 2. The van der Waals surface area contributed by atoms with Gasteiger partial charge in [0.2, 0.25) is 0 Å². The van der Waals surface area contributed by atoms with Crippen LogP contribution in [0.5, 0.6) is 11.5 Å². The van der Waals surface area contributed by atoms with Crippen molar-refractivity contribution in [3.05, 3.63) is 410 Å². The maximum Gasteiger partial charge on any atom is 0.305 e. The van der Waals surface area contributed by atoms with Crippen LogP contribution < -0.4 is 9.47 Å². The van der Waals surface area contributed by atoms with Gasteiger partial charge in [-0.05, 0) is 267 Å². The minimum absolute atomic E-state index is 0.108. The SMILES string of the molecule is Cc1ccc(C#Cc2c(C#Cc3ccc(C)cc3)c(C#Cc3ccc(C)cc3)c(OCCCCCCCCCCCOC(=O)CCCC[Si](C)(C)O[Si](C)(C)CCCCC(=O)OCCCCCCCCCCCOc3c(C#Cc4ccc(C)cc4)c(C#Cc4ccc(C)cc4)c(C#Cc4ccc(C)cc4)c(C#Cc4ccc(C)cc4)c3C#Cc3ccc(C)cc3)c(C#Cc3ccc(C)cc3)c2C#Cc2ccc(C)cc2)cc1. The number of rotatable bonds is 38. The van der Waals surface area contributed by atoms with E-state index in [1.165, 1.54) is 0 Å². The second kappa shape index (κ2) is 59.0. The van der Waals surface area contributed by atoms with E-state index < -0.39 is 16.6 Å². The van der Waals surface area contributed by atoms with Gasteiger partial charge in [0.15, 0.2) is 28.1 Å². The topological polar surface area (TPSA) is 80.3 Å². The lowest BCUT2D eigenvalue weighted by Gasteiger charge is -2.34. The zero-order chi connectivity index (χ0) is 104. The summed E-state index contributed by atoms with van der Waals surface area (Å²) in [6.45, 7) is 31.8. The Morgan fingerprint density at radius 3 is 0.510 bits per heavy atom. The van der Waals surface area contributed by atoms with Crippen molar-refractivity contribution in [1.29, 1.82) is 0 Å². The summed E-state index contributed by atoms with van der Waals surface area (Å²) in [5.41, 5.74) is 26.5. The Kier molecular flexibility index (Phi) is 44.5. The van der Waals surface area contributed by atoms with Crippen molar-refractivity contribution >= 4 is 28.6 Å². The molecule has 0 aliphatic rings. The Morgan fingerprint density at radius 1 is 0.184 bits per heavy atom. The van der Waals surface area contributed by atoms with Gasteiger partial charge in [0, 0.05) is 68.5 Å². The first-order chi connectivity index (χ1) is 71.3. The van der Waals surface area contributed by atoms with Gasteiger partial charge >= 0.3 is 11.9 Å². The van der Waals surface area contributed by atoms with E-state index in [9.17, 15) is 9.59 Å². The van der Waals surface area contributed by atoms with Gasteiger partial charge in [-0.25, -0.2) is 0 Å². The molecular weight excluding hydrogens is 1830 g/mol. The van der Waals surface area contributed by atoms with Gasteiger partial charge in [0.1, 0.15) is 0 Å². The summed E-state index contributed by atoms with van der Waals surface area (Å²) < 4.78 is 32.7. The first kappa shape index (κ1) is 111. The van der Waals surface area contributed by atoms with Gasteiger partial charge in [-0.3, -0.25) is 9.59 Å². The van der Waals surface area contributed by atoms with Crippen LogP contribution in [-0.4, -0.2) is 55.0 Å². The molecule has 0 aliphatic carbocycles. The molecule has 147 heavy (non-hydrogen) atoms. The van der Waals surface area contributed by atoms with Crippen LogP contribution in [0.25, 0.3) is 0 Å². The van der Waals surface area contributed by atoms with E-state index in [0.29, 0.717) is 106 Å². The zero-order valence-corrected chi connectivity index (χ0v) is 91.2. The van der Waals surface area contributed by atoms with Crippen molar-refractivity contribution in [3.8, 4) is 130 Å². The van der Waals surface area contributed by atoms with Crippen molar-refractivity contribution in [1.82, 2.24) is 0 Å². The van der Waals surface area contributed by atoms with Crippen LogP contribution in [0.1, 0.15) is 321 Å². The fraction of sp³-hybridized carbons (Fsp3) is 0.319. The summed E-state index contributed by atoms with van der Waals surface area (Å²) in [5, 5.41) is 0. The summed E-state index contributed by atoms with van der Waals surface area (Å²) in [5.74, 6) is 72.1. The lowest BCUT2D eigenvalue weighted by atomic mass is 9.89. The summed E-state index contributed by atoms with van der Waals surface area (Å²) in [6, 6.07) is 84.5. The van der Waals surface area contributed by atoms with E-state index in [2.05, 4.69) is 335 Å². The van der Waals surface area contributed by atoms with Gasteiger partial charge < -0.3 is 23.1 Å². The van der Waals surface area contributed by atoms with E-state index >= 15 is 0 Å². The van der Waals surface area contributed by atoms with E-state index in [0.717, 1.165) is 265 Å². The molecular formula is C138H142O7Si2. The van der Waals surface area contributed by atoms with Crippen molar-refractivity contribution in [2.24, 2.45) is 0 Å². The maximum atomic E-state index is 12.9. The average Bonchev–Trinajstić information content (AvgIpc) is 0.764. The number of carbonyl (C=O) groups excluding carboxylic acids is 2. The molecule has 9 heteroatoms. The maximum absolute atomic E-state index is 12.9. The summed E-state index contributed by atoms with van der Waals surface area (Å²) in [4.78, 5) is 25.9. The first-order valence-electron chi connectivity index (χ1n) is 52.9. The summed E-state index contributed by atoms with van der Waals surface area (Å²) in [6.07, 6.45) is 23.0. The van der Waals surface area contributed by atoms with Gasteiger partial charge in [-0.2, -0.15) is 0 Å². The van der Waals surface area contributed by atoms with E-state index in [4.69, 9.17) is 23.1 Å². The molecule has 744 valence electrons. The minimum atomic E-state index is -1.98. The van der Waals surface area contributed by atoms with Gasteiger partial charge in [-0.15, -0.1) is 0 Å². The zero-order valence-electron chi connectivity index (χ0n) is 89.2. The van der Waals surface area contributed by atoms with E-state index in [-0.39, 0.29) is 11.9 Å². The number of carbonyl (C=O) groups is 2. The Morgan fingerprint density at radius 2 is 0.333 bits per heavy atom. The van der Waals surface area contributed by atoms with Crippen molar-refractivity contribution < 1.29 is 32.7 Å². The van der Waals surface area contributed by atoms with Crippen LogP contribution in [0.3, 0.4) is 0 Å². The molecule has 7 nitrogen and oxygen atoms in total. The Labute approximate surface area is 882 Å². The molecule has 0 N–H and O–H groups in total. The average molecular weight is 1970 g/mol. The molecule has 12 aromatic rings. The lowest BCUT2D eigenvalue weighted by Crippen LogP contribution is -2.44. The molecule has 12 rings (SSSR count). The number of hydrogen-bond donors (Lipinski definition) is 0. The summed E-state index contributed by atoms with van der Waals surface area (Å²) in [7, 11) is -3.96. The van der Waals surface area contributed by atoms with Gasteiger partial charge in [0.05, 0.1) is 82.1 Å². The molecule has 0 amide bonds. The second-order valence-corrected chi connectivity index (χ2v) is 49.0. The van der Waals surface area contributed by atoms with Crippen LogP contribution >= 0.6 is 0 Å². The van der Waals surface area contributed by atoms with Crippen LogP contribution in [0.4, 0.5) is 0 Å². The molecule has 0 aromatic heterocycles. The number of benzene rings is 12. The predicted molar refractivity (Wildman–Crippen MR) is 614 cm³/mol. The fourth-order valence-corrected chi connectivity index (χ4v) is 25.9. The third-order valence-electron chi connectivity index (χ3n) is 25.7. The van der Waals surface area contributed by atoms with E-state index in [1.54, 1.807) is 0 Å².